The van der Waals surface area contributed by atoms with E-state index < -0.39 is 11.8 Å². The van der Waals surface area contributed by atoms with Crippen molar-refractivity contribution in [2.24, 2.45) is 0 Å². The molecule has 1 saturated heterocycles. The van der Waals surface area contributed by atoms with Gasteiger partial charge in [0.25, 0.3) is 0 Å². The van der Waals surface area contributed by atoms with E-state index in [1.54, 1.807) is 4.90 Å². The standard InChI is InChI=1S/C12H23N3O3/c1-3-10(9-16)13-11(17)12(18)15-7-5-14(4-2)6-8-15/h10,16H,3-9H2,1-2H3,(H,13,17). The molecule has 2 amide bonds. The Hall–Kier alpha value is -1.14. The van der Waals surface area contributed by atoms with E-state index in [0.717, 1.165) is 19.6 Å². The molecule has 6 heteroatoms. The zero-order valence-electron chi connectivity index (χ0n) is 11.2. The quantitative estimate of drug-likeness (QED) is 0.636. The second-order valence-corrected chi connectivity index (χ2v) is 4.49. The number of aliphatic hydroxyl groups is 1. The fourth-order valence-corrected chi connectivity index (χ4v) is 1.93. The molecule has 0 aliphatic carbocycles. The first-order valence-corrected chi connectivity index (χ1v) is 6.55. The van der Waals surface area contributed by atoms with E-state index in [9.17, 15) is 9.59 Å². The highest BCUT2D eigenvalue weighted by Gasteiger charge is 2.26. The number of aliphatic hydroxyl groups excluding tert-OH is 1. The second-order valence-electron chi connectivity index (χ2n) is 4.49. The maximum atomic E-state index is 11.9. The number of likely N-dealkylation sites (N-methyl/N-ethyl adjacent to an activating group) is 1. The number of rotatable bonds is 4. The maximum Gasteiger partial charge on any atom is 0.311 e. The summed E-state index contributed by atoms with van der Waals surface area (Å²) in [5, 5.41) is 11.5. The molecule has 1 fully saturated rings. The van der Waals surface area contributed by atoms with Gasteiger partial charge in [-0.2, -0.15) is 0 Å². The molecule has 1 aliphatic heterocycles. The lowest BCUT2D eigenvalue weighted by molar-refractivity contribution is -0.147. The van der Waals surface area contributed by atoms with Crippen molar-refractivity contribution in [2.75, 3.05) is 39.3 Å². The highest BCUT2D eigenvalue weighted by molar-refractivity contribution is 6.35. The Balaban J connectivity index is 2.42. The van der Waals surface area contributed by atoms with Crippen molar-refractivity contribution in [3.05, 3.63) is 0 Å². The maximum absolute atomic E-state index is 11.9. The minimum atomic E-state index is -0.610. The van der Waals surface area contributed by atoms with Gasteiger partial charge in [0.15, 0.2) is 0 Å². The van der Waals surface area contributed by atoms with E-state index in [-0.39, 0.29) is 12.6 Å². The van der Waals surface area contributed by atoms with Gasteiger partial charge in [0.1, 0.15) is 0 Å². The highest BCUT2D eigenvalue weighted by atomic mass is 16.3. The zero-order chi connectivity index (χ0) is 13.5. The third kappa shape index (κ3) is 3.96. The SMILES string of the molecule is CCC(CO)NC(=O)C(=O)N1CCN(CC)CC1. The molecule has 1 aliphatic rings. The zero-order valence-corrected chi connectivity index (χ0v) is 11.2. The predicted molar refractivity (Wildman–Crippen MR) is 68.0 cm³/mol. The molecule has 0 aromatic rings. The number of hydrogen-bond donors (Lipinski definition) is 2. The summed E-state index contributed by atoms with van der Waals surface area (Å²) in [6.45, 7) is 7.57. The molecule has 18 heavy (non-hydrogen) atoms. The molecule has 1 atom stereocenters. The predicted octanol–water partition coefficient (Wildman–Crippen LogP) is -0.962. The Morgan fingerprint density at radius 1 is 1.22 bits per heavy atom. The van der Waals surface area contributed by atoms with Crippen molar-refractivity contribution in [2.45, 2.75) is 26.3 Å². The summed E-state index contributed by atoms with van der Waals surface area (Å²) in [5.74, 6) is -1.10. The largest absolute Gasteiger partial charge is 0.394 e. The van der Waals surface area contributed by atoms with Gasteiger partial charge in [-0.25, -0.2) is 0 Å². The molecule has 1 heterocycles. The number of nitrogens with one attached hydrogen (secondary N) is 1. The minimum absolute atomic E-state index is 0.140. The topological polar surface area (TPSA) is 72.9 Å². The Labute approximate surface area is 108 Å². The van der Waals surface area contributed by atoms with Gasteiger partial charge in [-0.3, -0.25) is 9.59 Å². The third-order valence-corrected chi connectivity index (χ3v) is 3.35. The van der Waals surface area contributed by atoms with Gasteiger partial charge < -0.3 is 20.2 Å². The molecule has 0 aromatic carbocycles. The van der Waals surface area contributed by atoms with Crippen molar-refractivity contribution < 1.29 is 14.7 Å². The smallest absolute Gasteiger partial charge is 0.311 e. The number of piperazine rings is 1. The van der Waals surface area contributed by atoms with E-state index in [4.69, 9.17) is 5.11 Å². The molecule has 6 nitrogen and oxygen atoms in total. The molecule has 0 bridgehead atoms. The van der Waals surface area contributed by atoms with Crippen LogP contribution in [0.2, 0.25) is 0 Å². The number of hydrogen-bond acceptors (Lipinski definition) is 4. The van der Waals surface area contributed by atoms with Gasteiger partial charge in [-0.15, -0.1) is 0 Å². The molecule has 0 spiro atoms. The molecule has 1 unspecified atom stereocenters. The Kier molecular flexibility index (Phi) is 6.07. The average Bonchev–Trinajstić information content (AvgIpc) is 2.43. The van der Waals surface area contributed by atoms with Crippen LogP contribution in [0.1, 0.15) is 20.3 Å². The van der Waals surface area contributed by atoms with Crippen LogP contribution in [0.15, 0.2) is 0 Å². The van der Waals surface area contributed by atoms with E-state index in [1.807, 2.05) is 6.92 Å². The number of amides is 2. The van der Waals surface area contributed by atoms with Crippen LogP contribution >= 0.6 is 0 Å². The first-order chi connectivity index (χ1) is 8.62. The average molecular weight is 257 g/mol. The van der Waals surface area contributed by atoms with Crippen molar-refractivity contribution >= 4 is 11.8 Å². The Bertz CT molecular complexity index is 284. The van der Waals surface area contributed by atoms with Crippen molar-refractivity contribution in [1.82, 2.24) is 15.1 Å². The summed E-state index contributed by atoms with van der Waals surface area (Å²) in [6.07, 6.45) is 0.610. The molecule has 0 radical (unpaired) electrons. The van der Waals surface area contributed by atoms with Crippen molar-refractivity contribution in [1.29, 1.82) is 0 Å². The van der Waals surface area contributed by atoms with Gasteiger partial charge >= 0.3 is 11.8 Å². The van der Waals surface area contributed by atoms with Crippen LogP contribution in [0, 0.1) is 0 Å². The van der Waals surface area contributed by atoms with Gasteiger partial charge in [0.05, 0.1) is 12.6 Å². The molecule has 1 rings (SSSR count). The summed E-state index contributed by atoms with van der Waals surface area (Å²) in [6, 6.07) is -0.335. The lowest BCUT2D eigenvalue weighted by Gasteiger charge is -2.33. The fourth-order valence-electron chi connectivity index (χ4n) is 1.93. The third-order valence-electron chi connectivity index (χ3n) is 3.35. The summed E-state index contributed by atoms with van der Waals surface area (Å²) >= 11 is 0. The van der Waals surface area contributed by atoms with E-state index in [2.05, 4.69) is 17.1 Å². The van der Waals surface area contributed by atoms with Crippen LogP contribution < -0.4 is 5.32 Å². The van der Waals surface area contributed by atoms with Gasteiger partial charge in [-0.05, 0) is 13.0 Å². The Morgan fingerprint density at radius 3 is 2.28 bits per heavy atom. The lowest BCUT2D eigenvalue weighted by atomic mass is 10.2. The van der Waals surface area contributed by atoms with Crippen LogP contribution in [0.5, 0.6) is 0 Å². The van der Waals surface area contributed by atoms with E-state index in [0.29, 0.717) is 19.5 Å². The van der Waals surface area contributed by atoms with Crippen molar-refractivity contribution in [3.8, 4) is 0 Å². The highest BCUT2D eigenvalue weighted by Crippen LogP contribution is 2.02. The van der Waals surface area contributed by atoms with Gasteiger partial charge in [0.2, 0.25) is 0 Å². The number of nitrogens with zero attached hydrogens (tertiary/aromatic N) is 2. The molecule has 0 saturated carbocycles. The molecular weight excluding hydrogens is 234 g/mol. The first-order valence-electron chi connectivity index (χ1n) is 6.55. The number of carbonyl (C=O) groups is 2. The minimum Gasteiger partial charge on any atom is -0.394 e. The molecule has 0 aromatic heterocycles. The summed E-state index contributed by atoms with van der Waals surface area (Å²) < 4.78 is 0. The lowest BCUT2D eigenvalue weighted by Crippen LogP contribution is -2.53. The number of carbonyl (C=O) groups excluding carboxylic acids is 2. The summed E-state index contributed by atoms with van der Waals surface area (Å²) in [4.78, 5) is 27.4. The van der Waals surface area contributed by atoms with Crippen LogP contribution in [-0.2, 0) is 9.59 Å². The second kappa shape index (κ2) is 7.33. The van der Waals surface area contributed by atoms with Crippen LogP contribution in [0.25, 0.3) is 0 Å². The van der Waals surface area contributed by atoms with E-state index >= 15 is 0 Å². The summed E-state index contributed by atoms with van der Waals surface area (Å²) in [5.41, 5.74) is 0. The first kappa shape index (κ1) is 14.9. The van der Waals surface area contributed by atoms with Crippen LogP contribution in [0.4, 0.5) is 0 Å². The van der Waals surface area contributed by atoms with Crippen LogP contribution in [0.3, 0.4) is 0 Å². The van der Waals surface area contributed by atoms with Crippen LogP contribution in [-0.4, -0.2) is 72.1 Å². The molecule has 104 valence electrons. The molecular formula is C12H23N3O3. The van der Waals surface area contributed by atoms with Crippen molar-refractivity contribution in [3.63, 3.8) is 0 Å². The molecule has 2 N–H and O–H groups in total. The van der Waals surface area contributed by atoms with E-state index in [1.165, 1.54) is 0 Å². The monoisotopic (exact) mass is 257 g/mol. The normalized spacial score (nSPS) is 18.5. The van der Waals surface area contributed by atoms with Gasteiger partial charge in [0, 0.05) is 26.2 Å². The van der Waals surface area contributed by atoms with Gasteiger partial charge in [-0.1, -0.05) is 13.8 Å². The fraction of sp³-hybridized carbons (Fsp3) is 0.833. The summed E-state index contributed by atoms with van der Waals surface area (Å²) in [7, 11) is 0. The Morgan fingerprint density at radius 2 is 1.83 bits per heavy atom.